The Kier molecular flexibility index (Phi) is 38.3. The number of nitriles is 4. The summed E-state index contributed by atoms with van der Waals surface area (Å²) in [4.78, 5) is 47.9. The number of hydrogen-bond acceptors (Lipinski definition) is 19. The number of carbonyl (C=O) groups is 1. The molecule has 19 nitrogen and oxygen atoms in total. The summed E-state index contributed by atoms with van der Waals surface area (Å²) in [5.74, 6) is -1.45. The maximum Gasteiger partial charge on any atom is 1.00 e. The minimum absolute atomic E-state index is 0. The summed E-state index contributed by atoms with van der Waals surface area (Å²) in [6, 6.07) is 112. The topological polar surface area (TPSA) is 307 Å². The van der Waals surface area contributed by atoms with Crippen LogP contribution in [0.2, 0.25) is 10.0 Å². The Balaban J connectivity index is 0.000000179. The van der Waals surface area contributed by atoms with E-state index in [0.29, 0.717) is 83.0 Å². The average molecular weight is 2130 g/mol. The van der Waals surface area contributed by atoms with E-state index in [4.69, 9.17) is 72.5 Å². The van der Waals surface area contributed by atoms with Gasteiger partial charge in [-0.3, -0.25) is 4.79 Å². The van der Waals surface area contributed by atoms with Gasteiger partial charge < -0.3 is 30.9 Å². The molecular formula is C105H73B2BrCl2Cs2F4N12O7. The molecule has 1 saturated heterocycles. The zero-order valence-electron chi connectivity index (χ0n) is 74.1. The van der Waals surface area contributed by atoms with Crippen molar-refractivity contribution in [1.82, 2.24) is 39.9 Å². The Morgan fingerprint density at radius 2 is 0.600 bits per heavy atom. The molecule has 0 spiro atoms. The van der Waals surface area contributed by atoms with Crippen LogP contribution in [0, 0.1) is 68.6 Å². The number of rotatable bonds is 15. The second kappa shape index (κ2) is 49.8. The van der Waals surface area contributed by atoms with E-state index in [1.807, 2.05) is 301 Å². The molecule has 0 unspecified atom stereocenters. The normalized spacial score (nSPS) is 11.6. The first-order valence-corrected chi connectivity index (χ1v) is 42.4. The SMILES string of the molecule is CC1(C)OB(c2ccc(F)c(-c3nc(-c4ccccc4)c(C#N)c(-c4ccccc4)n3)c2)OC1(C)C.N#Cc1c(-c2ccccc2)nc(-c2cc(-c3ccccc3)ccc2F)nc1-c1ccccc1.N#Cc1c(-c2ccccc2)nc(-c2cc(Cl)ccc2F)nc1-c1ccccc1.N#Cc1c(-c2ccccc2)nc(Br)nc1-c1ccccc1.O=CO[O-].OB(O)c1cc(Cl)ccc1F.[Cs+].[Cs+].[H-]. The van der Waals surface area contributed by atoms with E-state index in [-0.39, 0.29) is 190 Å². The van der Waals surface area contributed by atoms with Gasteiger partial charge >= 0.3 is 152 Å². The Labute approximate surface area is 915 Å². The molecule has 0 saturated carbocycles. The Morgan fingerprint density at radius 1 is 0.363 bits per heavy atom. The van der Waals surface area contributed by atoms with Crippen molar-refractivity contribution in [2.45, 2.75) is 38.9 Å². The van der Waals surface area contributed by atoms with Crippen LogP contribution in [0.3, 0.4) is 0 Å². The molecule has 2 N–H and O–H groups in total. The van der Waals surface area contributed by atoms with Crippen LogP contribution in [0.5, 0.6) is 0 Å². The van der Waals surface area contributed by atoms with E-state index in [0.717, 1.165) is 61.7 Å². The fourth-order valence-electron chi connectivity index (χ4n) is 13.8. The van der Waals surface area contributed by atoms with Crippen molar-refractivity contribution in [2.75, 3.05) is 0 Å². The molecule has 0 aliphatic carbocycles. The van der Waals surface area contributed by atoms with E-state index in [1.54, 1.807) is 24.3 Å². The Bertz CT molecular complexity index is 6920. The van der Waals surface area contributed by atoms with Crippen LogP contribution in [-0.4, -0.2) is 81.8 Å². The molecule has 0 bridgehead atoms. The van der Waals surface area contributed by atoms with Crippen molar-refractivity contribution in [1.29, 1.82) is 21.0 Å². The third kappa shape index (κ3) is 26.2. The predicted octanol–water partition coefficient (Wildman–Crippen LogP) is 16.2. The number of benzene rings is 13. The van der Waals surface area contributed by atoms with E-state index in [9.17, 15) is 29.8 Å². The van der Waals surface area contributed by atoms with Gasteiger partial charge in [0.05, 0.1) is 73.4 Å². The van der Waals surface area contributed by atoms with Gasteiger partial charge in [-0.15, -0.1) is 0 Å². The van der Waals surface area contributed by atoms with Crippen molar-refractivity contribution in [3.8, 4) is 160 Å². The summed E-state index contributed by atoms with van der Waals surface area (Å²) in [7, 11) is -2.47. The molecule has 5 heterocycles. The maximum atomic E-state index is 15.3. The summed E-state index contributed by atoms with van der Waals surface area (Å²) < 4.78 is 70.3. The zero-order chi connectivity index (χ0) is 94.1. The van der Waals surface area contributed by atoms with Crippen LogP contribution in [0.4, 0.5) is 17.6 Å². The van der Waals surface area contributed by atoms with E-state index in [1.165, 1.54) is 42.5 Å². The molecule has 0 atom stereocenters. The number of nitrogens with zero attached hydrogens (tertiary/aromatic N) is 12. The van der Waals surface area contributed by atoms with Crippen LogP contribution >= 0.6 is 39.1 Å². The second-order valence-electron chi connectivity index (χ2n) is 30.0. The molecule has 0 radical (unpaired) electrons. The Hall–Kier alpha value is -11.6. The molecule has 0 amide bonds. The van der Waals surface area contributed by atoms with Gasteiger partial charge in [0.15, 0.2) is 22.2 Å². The summed E-state index contributed by atoms with van der Waals surface area (Å²) in [6.45, 7) is 7.71. The smallest absolute Gasteiger partial charge is 1.00 e. The third-order valence-corrected chi connectivity index (χ3v) is 21.8. The minimum atomic E-state index is -1.81. The first-order chi connectivity index (χ1) is 64.4. The van der Waals surface area contributed by atoms with Crippen molar-refractivity contribution in [3.63, 3.8) is 0 Å². The molecule has 17 aromatic rings. The van der Waals surface area contributed by atoms with Crippen LogP contribution in [0.1, 0.15) is 51.4 Å². The minimum Gasteiger partial charge on any atom is -1.00 e. The fourth-order valence-corrected chi connectivity index (χ4v) is 14.5. The van der Waals surface area contributed by atoms with Gasteiger partial charge in [-0.25, -0.2) is 57.4 Å². The van der Waals surface area contributed by atoms with Gasteiger partial charge in [0, 0.05) is 60.0 Å². The summed E-state index contributed by atoms with van der Waals surface area (Å²) in [6.07, 6.45) is 0. The number of halogens is 7. The van der Waals surface area contributed by atoms with Crippen LogP contribution in [0.15, 0.2) is 351 Å². The summed E-state index contributed by atoms with van der Waals surface area (Å²) in [5.41, 5.74) is 13.8. The van der Waals surface area contributed by atoms with Gasteiger partial charge in [-0.1, -0.05) is 308 Å². The third-order valence-electron chi connectivity index (χ3n) is 20.9. The number of aromatic nitrogens is 8. The molecular weight excluding hydrogens is 2060 g/mol. The molecule has 135 heavy (non-hydrogen) atoms. The quantitative estimate of drug-likeness (QED) is 0.0240. The van der Waals surface area contributed by atoms with E-state index >= 15 is 8.78 Å². The van der Waals surface area contributed by atoms with Crippen molar-refractivity contribution in [3.05, 3.63) is 406 Å². The average Bonchev–Trinajstić information content (AvgIpc) is 1.61. The number of carbonyl (C=O) groups excluding carboxylic acids is 1. The zero-order valence-corrected chi connectivity index (χ0v) is 88.7. The molecule has 18 rings (SSSR count). The summed E-state index contributed by atoms with van der Waals surface area (Å²) >= 11 is 14.9. The van der Waals surface area contributed by atoms with Gasteiger partial charge in [-0.05, 0) is 121 Å². The van der Waals surface area contributed by atoms with Gasteiger partial charge in [0.1, 0.15) is 69.8 Å². The van der Waals surface area contributed by atoms with E-state index < -0.39 is 48.7 Å². The van der Waals surface area contributed by atoms with Crippen LogP contribution in [-0.2, 0) is 19.0 Å². The van der Waals surface area contributed by atoms with Crippen LogP contribution < -0.4 is 154 Å². The van der Waals surface area contributed by atoms with Crippen molar-refractivity contribution in [2.24, 2.45) is 0 Å². The van der Waals surface area contributed by atoms with Gasteiger partial charge in [-0.2, -0.15) is 21.0 Å². The van der Waals surface area contributed by atoms with Gasteiger partial charge in [0.25, 0.3) is 6.47 Å². The number of hydrogen-bond donors (Lipinski definition) is 2. The monoisotopic (exact) mass is 2130 g/mol. The first-order valence-electron chi connectivity index (χ1n) is 40.8. The molecule has 13 aromatic carbocycles. The molecule has 4 aromatic heterocycles. The molecule has 652 valence electrons. The standard InChI is InChI=1S/C29H25BFN3O2.C29H18FN3.C23H13ClFN3.C17H10BrN3.C6H5BClFO2.CH2O3.2Cs.H/c1-28(2)29(3,4)36-30(35-28)21-15-16-24(31)22(17-21)27-33-25(19-11-7-5-8-12-19)23(18-32)26(34-27)20-13-9-6-10-14-20;30-26-17-16-23(20-10-4-1-5-11-20)18-24(26)29-32-27(21-12-6-2-7-13-21)25(19-31)28(33-29)22-14-8-3-9-15-22;24-17-11-12-20(25)18(13-17)23-27-21(15-7-3-1-4-8-15)19(14-26)22(28-23)16-9-5-2-6-10-16;18-17-20-15(12-7-3-1-4-8-12)14(11-19)16(21-17)13-9-5-2-6-10-13;8-4-1-2-6(9)5(3-4)7(10)11;2-1-4-3;;;/h5-17H,1-4H3;1-18H;1-13H;1-10H;1-3,10-11H;1,3H;;;/q;;;;;;2*+1;-1/p-1. The molecule has 1 fully saturated rings. The van der Waals surface area contributed by atoms with E-state index in [2.05, 4.69) is 65.0 Å². The largest absolute Gasteiger partial charge is 1.00 e. The summed E-state index contributed by atoms with van der Waals surface area (Å²) in [5, 5.41) is 65.8. The predicted molar refractivity (Wildman–Crippen MR) is 510 cm³/mol. The molecule has 1 aliphatic heterocycles. The molecule has 1 aliphatic rings. The second-order valence-corrected chi connectivity index (χ2v) is 31.6. The fraction of sp³-hybridized carbons (Fsp3) is 0.0571. The van der Waals surface area contributed by atoms with Gasteiger partial charge in [0.2, 0.25) is 0 Å². The Morgan fingerprint density at radius 3 is 0.867 bits per heavy atom. The maximum absolute atomic E-state index is 15.3. The van der Waals surface area contributed by atoms with Crippen molar-refractivity contribution >= 4 is 70.8 Å². The van der Waals surface area contributed by atoms with Crippen molar-refractivity contribution < 1.29 is 191 Å². The molecule has 30 heteroatoms. The first kappa shape index (κ1) is 104. The van der Waals surface area contributed by atoms with Crippen LogP contribution in [0.25, 0.3) is 135 Å².